The van der Waals surface area contributed by atoms with Gasteiger partial charge >= 0.3 is 0 Å². The third kappa shape index (κ3) is 3.30. The van der Waals surface area contributed by atoms with Gasteiger partial charge in [0, 0.05) is 12.3 Å². The molecule has 1 amide bonds. The summed E-state index contributed by atoms with van der Waals surface area (Å²) in [6, 6.07) is 7.79. The van der Waals surface area contributed by atoms with E-state index in [9.17, 15) is 4.79 Å². The van der Waals surface area contributed by atoms with Gasteiger partial charge in [-0.1, -0.05) is 25.5 Å². The highest BCUT2D eigenvalue weighted by molar-refractivity contribution is 8.00. The zero-order valence-corrected chi connectivity index (χ0v) is 13.4. The summed E-state index contributed by atoms with van der Waals surface area (Å²) in [6.45, 7) is 3.04. The number of aromatic nitrogens is 4. The van der Waals surface area contributed by atoms with E-state index >= 15 is 0 Å². The molecular weight excluding hydrogens is 298 g/mol. The average molecular weight is 317 g/mol. The van der Waals surface area contributed by atoms with Gasteiger partial charge < -0.3 is 4.90 Å². The van der Waals surface area contributed by atoms with Crippen molar-refractivity contribution in [3.8, 4) is 5.69 Å². The molecule has 116 valence electrons. The molecule has 0 spiro atoms. The Hall–Kier alpha value is -1.89. The minimum atomic E-state index is 0.221. The smallest absolute Gasteiger partial charge is 0.227 e. The van der Waals surface area contributed by atoms with Crippen molar-refractivity contribution in [1.82, 2.24) is 25.1 Å². The number of tetrazole rings is 1. The molecule has 7 heteroatoms. The summed E-state index contributed by atoms with van der Waals surface area (Å²) in [7, 11) is 0. The molecular formula is C15H19N5OS. The van der Waals surface area contributed by atoms with Crippen molar-refractivity contribution in [2.75, 3.05) is 12.3 Å². The summed E-state index contributed by atoms with van der Waals surface area (Å²) in [6.07, 6.45) is 4.20. The van der Waals surface area contributed by atoms with E-state index in [1.807, 2.05) is 40.9 Å². The topological polar surface area (TPSA) is 63.9 Å². The monoisotopic (exact) mass is 317 g/mol. The second-order valence-electron chi connectivity index (χ2n) is 5.30. The van der Waals surface area contributed by atoms with Crippen LogP contribution in [0.3, 0.4) is 0 Å². The summed E-state index contributed by atoms with van der Waals surface area (Å²) < 4.78 is 1.60. The lowest BCUT2D eigenvalue weighted by molar-refractivity contribution is -0.130. The third-order valence-corrected chi connectivity index (χ3v) is 5.04. The van der Waals surface area contributed by atoms with Gasteiger partial charge in [-0.2, -0.15) is 0 Å². The first-order valence-electron chi connectivity index (χ1n) is 7.51. The second-order valence-corrected chi connectivity index (χ2v) is 6.58. The lowest BCUT2D eigenvalue weighted by Gasteiger charge is -2.23. The maximum Gasteiger partial charge on any atom is 0.227 e. The van der Waals surface area contributed by atoms with Crippen molar-refractivity contribution in [2.24, 2.45) is 0 Å². The predicted octanol–water partition coefficient (Wildman–Crippen LogP) is 1.91. The Bertz CT molecular complexity index is 613. The first-order chi connectivity index (χ1) is 10.8. The molecule has 1 fully saturated rings. The van der Waals surface area contributed by atoms with E-state index in [0.717, 1.165) is 36.4 Å². The van der Waals surface area contributed by atoms with Crippen LogP contribution in [0, 0.1) is 0 Å². The van der Waals surface area contributed by atoms with Crippen molar-refractivity contribution in [1.29, 1.82) is 0 Å². The van der Waals surface area contributed by atoms with Gasteiger partial charge in [-0.25, -0.2) is 4.68 Å². The zero-order valence-electron chi connectivity index (χ0n) is 12.6. The van der Waals surface area contributed by atoms with Gasteiger partial charge in [0.25, 0.3) is 0 Å². The number of rotatable bonds is 5. The van der Waals surface area contributed by atoms with Crippen LogP contribution in [-0.4, -0.2) is 48.7 Å². The Kier molecular flexibility index (Phi) is 4.72. The summed E-state index contributed by atoms with van der Waals surface area (Å²) >= 11 is 1.89. The van der Waals surface area contributed by atoms with Crippen LogP contribution in [0.1, 0.15) is 25.3 Å². The molecule has 0 bridgehead atoms. The van der Waals surface area contributed by atoms with Gasteiger partial charge in [0.05, 0.1) is 17.5 Å². The zero-order chi connectivity index (χ0) is 15.4. The van der Waals surface area contributed by atoms with E-state index in [0.29, 0.717) is 11.8 Å². The Morgan fingerprint density at radius 2 is 2.18 bits per heavy atom. The molecule has 2 heterocycles. The van der Waals surface area contributed by atoms with E-state index in [1.54, 1.807) is 11.0 Å². The van der Waals surface area contributed by atoms with Crippen LogP contribution >= 0.6 is 11.8 Å². The van der Waals surface area contributed by atoms with Gasteiger partial charge in [0.15, 0.2) is 0 Å². The molecule has 1 aliphatic rings. The maximum atomic E-state index is 12.5. The number of carbonyl (C=O) groups excluding carboxylic acids is 1. The van der Waals surface area contributed by atoms with Crippen molar-refractivity contribution < 1.29 is 4.79 Å². The van der Waals surface area contributed by atoms with Crippen molar-refractivity contribution in [3.05, 3.63) is 36.2 Å². The van der Waals surface area contributed by atoms with Crippen molar-refractivity contribution >= 4 is 17.7 Å². The number of nitrogens with zero attached hydrogens (tertiary/aromatic N) is 5. The molecule has 1 aromatic carbocycles. The van der Waals surface area contributed by atoms with Gasteiger partial charge in [-0.05, 0) is 34.5 Å². The molecule has 1 aromatic heterocycles. The van der Waals surface area contributed by atoms with E-state index in [4.69, 9.17) is 0 Å². The first-order valence-corrected chi connectivity index (χ1v) is 8.56. The average Bonchev–Trinajstić information content (AvgIpc) is 3.19. The Balaban J connectivity index is 1.64. The minimum absolute atomic E-state index is 0.221. The Morgan fingerprint density at radius 1 is 1.36 bits per heavy atom. The molecule has 0 N–H and O–H groups in total. The summed E-state index contributed by atoms with van der Waals surface area (Å²) in [5.41, 5.74) is 1.91. The van der Waals surface area contributed by atoms with Crippen LogP contribution in [0.25, 0.3) is 5.69 Å². The molecule has 6 nitrogen and oxygen atoms in total. The lowest BCUT2D eigenvalue weighted by Crippen LogP contribution is -2.35. The van der Waals surface area contributed by atoms with Gasteiger partial charge in [-0.3, -0.25) is 4.79 Å². The van der Waals surface area contributed by atoms with Gasteiger partial charge in [0.2, 0.25) is 5.91 Å². The number of hydrogen-bond donors (Lipinski definition) is 0. The normalized spacial score (nSPS) is 17.9. The molecule has 22 heavy (non-hydrogen) atoms. The Morgan fingerprint density at radius 3 is 2.86 bits per heavy atom. The van der Waals surface area contributed by atoms with Crippen LogP contribution in [0.15, 0.2) is 30.6 Å². The van der Waals surface area contributed by atoms with Crippen LogP contribution in [-0.2, 0) is 11.2 Å². The number of thioether (sulfide) groups is 1. The van der Waals surface area contributed by atoms with Crippen LogP contribution in [0.5, 0.6) is 0 Å². The van der Waals surface area contributed by atoms with Crippen molar-refractivity contribution in [2.45, 2.75) is 31.6 Å². The molecule has 1 saturated heterocycles. The minimum Gasteiger partial charge on any atom is -0.330 e. The van der Waals surface area contributed by atoms with Gasteiger partial charge in [-0.15, -0.1) is 16.9 Å². The first kappa shape index (κ1) is 15.0. The molecule has 0 unspecified atom stereocenters. The largest absolute Gasteiger partial charge is 0.330 e. The Labute approximate surface area is 133 Å². The van der Waals surface area contributed by atoms with E-state index in [2.05, 4.69) is 22.4 Å². The quantitative estimate of drug-likeness (QED) is 0.843. The summed E-state index contributed by atoms with van der Waals surface area (Å²) in [5.74, 6) is 1.27. The fraction of sp³-hybridized carbons (Fsp3) is 0.467. The molecule has 1 aliphatic heterocycles. The van der Waals surface area contributed by atoms with Crippen LogP contribution < -0.4 is 0 Å². The summed E-state index contributed by atoms with van der Waals surface area (Å²) in [5, 5.41) is 11.4. The number of benzene rings is 1. The molecule has 1 atom stereocenters. The van der Waals surface area contributed by atoms with E-state index in [-0.39, 0.29) is 5.91 Å². The fourth-order valence-electron chi connectivity index (χ4n) is 2.61. The summed E-state index contributed by atoms with van der Waals surface area (Å²) in [4.78, 5) is 14.5. The maximum absolute atomic E-state index is 12.5. The highest BCUT2D eigenvalue weighted by Crippen LogP contribution is 2.28. The highest BCUT2D eigenvalue weighted by Gasteiger charge is 2.28. The second kappa shape index (κ2) is 6.91. The van der Waals surface area contributed by atoms with Crippen LogP contribution in [0.2, 0.25) is 0 Å². The van der Waals surface area contributed by atoms with E-state index in [1.165, 1.54) is 0 Å². The molecule has 0 aliphatic carbocycles. The van der Waals surface area contributed by atoms with Crippen LogP contribution in [0.4, 0.5) is 0 Å². The number of amides is 1. The highest BCUT2D eigenvalue weighted by atomic mass is 32.2. The van der Waals surface area contributed by atoms with E-state index < -0.39 is 0 Å². The van der Waals surface area contributed by atoms with Crippen molar-refractivity contribution in [3.63, 3.8) is 0 Å². The fourth-order valence-corrected chi connectivity index (χ4v) is 3.99. The SMILES string of the molecule is CCC[C@H]1SCCN1C(=O)Cc1ccc(-n2cnnn2)cc1. The number of carbonyl (C=O) groups is 1. The standard InChI is InChI=1S/C15H19N5OS/c1-2-3-15-19(8-9-22-15)14(21)10-12-4-6-13(7-5-12)20-11-16-17-18-20/h4-7,11,15H,2-3,8-10H2,1H3/t15-/m1/s1. The van der Waals surface area contributed by atoms with Gasteiger partial charge in [0.1, 0.15) is 6.33 Å². The number of hydrogen-bond acceptors (Lipinski definition) is 5. The lowest BCUT2D eigenvalue weighted by atomic mass is 10.1. The third-order valence-electron chi connectivity index (χ3n) is 3.75. The molecule has 0 saturated carbocycles. The molecule has 3 rings (SSSR count). The predicted molar refractivity (Wildman–Crippen MR) is 85.7 cm³/mol. The molecule has 2 aromatic rings. The molecule has 0 radical (unpaired) electrons.